The fraction of sp³-hybridized carbons (Fsp3) is 0.227. The lowest BCUT2D eigenvalue weighted by Gasteiger charge is -2.30. The maximum absolute atomic E-state index is 12.8. The lowest BCUT2D eigenvalue weighted by Crippen LogP contribution is -2.30. The smallest absolute Gasteiger partial charge is 0.271 e. The molecule has 1 fully saturated rings. The minimum Gasteiger partial charge on any atom is -0.370 e. The second-order valence-corrected chi connectivity index (χ2v) is 9.99. The molecule has 0 saturated carbocycles. The van der Waals surface area contributed by atoms with Crippen molar-refractivity contribution in [1.29, 1.82) is 0 Å². The number of anilines is 3. The number of sulfonamides is 1. The molecule has 3 aromatic rings. The van der Waals surface area contributed by atoms with Gasteiger partial charge in [0.15, 0.2) is 0 Å². The standard InChI is InChI=1S/C22H23N3O3S2/c26-22(23-19-7-2-3-8-20(19)25-14-4-1-5-15-25)17-10-12-18(13-11-17)24-30(27,28)21-9-6-16-29-21/h2-3,6-13,16,24H,1,4-5,14-15H2,(H,23,26). The van der Waals surface area contributed by atoms with E-state index in [4.69, 9.17) is 0 Å². The summed E-state index contributed by atoms with van der Waals surface area (Å²) in [4.78, 5) is 15.1. The van der Waals surface area contributed by atoms with Crippen molar-refractivity contribution in [2.45, 2.75) is 23.5 Å². The van der Waals surface area contributed by atoms with Gasteiger partial charge in [-0.05, 0) is 67.1 Å². The quantitative estimate of drug-likeness (QED) is 0.576. The predicted octanol–water partition coefficient (Wildman–Crippen LogP) is 4.79. The monoisotopic (exact) mass is 441 g/mol. The normalized spacial score (nSPS) is 14.3. The van der Waals surface area contributed by atoms with Crippen LogP contribution >= 0.6 is 11.3 Å². The molecule has 6 nitrogen and oxygen atoms in total. The average Bonchev–Trinajstić information content (AvgIpc) is 3.31. The van der Waals surface area contributed by atoms with Gasteiger partial charge < -0.3 is 10.2 Å². The summed E-state index contributed by atoms with van der Waals surface area (Å²) < 4.78 is 27.4. The van der Waals surface area contributed by atoms with Crippen LogP contribution in [0.25, 0.3) is 0 Å². The van der Waals surface area contributed by atoms with E-state index in [9.17, 15) is 13.2 Å². The molecule has 1 saturated heterocycles. The van der Waals surface area contributed by atoms with Crippen molar-refractivity contribution in [1.82, 2.24) is 0 Å². The second-order valence-electron chi connectivity index (χ2n) is 7.13. The third-order valence-corrected chi connectivity index (χ3v) is 7.79. The first-order valence-corrected chi connectivity index (χ1v) is 12.2. The number of thiophene rings is 1. The largest absolute Gasteiger partial charge is 0.370 e. The van der Waals surface area contributed by atoms with Crippen molar-refractivity contribution in [3.8, 4) is 0 Å². The van der Waals surface area contributed by atoms with Crippen molar-refractivity contribution < 1.29 is 13.2 Å². The van der Waals surface area contributed by atoms with E-state index in [-0.39, 0.29) is 10.1 Å². The number of carbonyl (C=O) groups is 1. The number of rotatable bonds is 6. The first kappa shape index (κ1) is 20.4. The van der Waals surface area contributed by atoms with Gasteiger partial charge in [-0.2, -0.15) is 0 Å². The van der Waals surface area contributed by atoms with Crippen LogP contribution in [0.4, 0.5) is 17.1 Å². The molecule has 0 unspecified atom stereocenters. The molecule has 1 aliphatic rings. The maximum Gasteiger partial charge on any atom is 0.271 e. The Morgan fingerprint density at radius 3 is 2.33 bits per heavy atom. The van der Waals surface area contributed by atoms with E-state index < -0.39 is 10.0 Å². The zero-order valence-electron chi connectivity index (χ0n) is 16.4. The molecule has 0 atom stereocenters. The van der Waals surface area contributed by atoms with Crippen LogP contribution in [0.5, 0.6) is 0 Å². The van der Waals surface area contributed by atoms with Crippen LogP contribution in [0.15, 0.2) is 70.3 Å². The topological polar surface area (TPSA) is 78.5 Å². The first-order chi connectivity index (χ1) is 14.5. The number of nitrogens with zero attached hydrogens (tertiary/aromatic N) is 1. The number of carbonyl (C=O) groups excluding carboxylic acids is 1. The van der Waals surface area contributed by atoms with E-state index in [1.807, 2.05) is 24.3 Å². The van der Waals surface area contributed by atoms with Gasteiger partial charge in [-0.15, -0.1) is 11.3 Å². The van der Waals surface area contributed by atoms with E-state index in [0.29, 0.717) is 11.3 Å². The molecule has 0 bridgehead atoms. The molecular formula is C22H23N3O3S2. The van der Waals surface area contributed by atoms with Gasteiger partial charge in [0, 0.05) is 24.3 Å². The molecule has 8 heteroatoms. The Bertz CT molecular complexity index is 1100. The van der Waals surface area contributed by atoms with Crippen molar-refractivity contribution in [2.24, 2.45) is 0 Å². The molecule has 2 aromatic carbocycles. The van der Waals surface area contributed by atoms with Crippen molar-refractivity contribution in [2.75, 3.05) is 28.0 Å². The third kappa shape index (κ3) is 4.66. The number of para-hydroxylation sites is 2. The number of hydrogen-bond donors (Lipinski definition) is 2. The van der Waals surface area contributed by atoms with Gasteiger partial charge in [0.2, 0.25) is 0 Å². The fourth-order valence-corrected chi connectivity index (χ4v) is 5.55. The predicted molar refractivity (Wildman–Crippen MR) is 122 cm³/mol. The van der Waals surface area contributed by atoms with Crippen LogP contribution in [0, 0.1) is 0 Å². The van der Waals surface area contributed by atoms with Crippen LogP contribution < -0.4 is 14.9 Å². The lowest BCUT2D eigenvalue weighted by atomic mass is 10.1. The Labute approximate surface area is 180 Å². The summed E-state index contributed by atoms with van der Waals surface area (Å²) >= 11 is 1.15. The summed E-state index contributed by atoms with van der Waals surface area (Å²) in [5.41, 5.74) is 2.69. The molecule has 156 valence electrons. The SMILES string of the molecule is O=C(Nc1ccccc1N1CCCCC1)c1ccc(NS(=O)(=O)c2cccs2)cc1. The minimum absolute atomic E-state index is 0.230. The van der Waals surface area contributed by atoms with Crippen LogP contribution in [-0.4, -0.2) is 27.4 Å². The van der Waals surface area contributed by atoms with Crippen LogP contribution in [-0.2, 0) is 10.0 Å². The van der Waals surface area contributed by atoms with Crippen molar-refractivity contribution in [3.63, 3.8) is 0 Å². The van der Waals surface area contributed by atoms with Crippen molar-refractivity contribution in [3.05, 3.63) is 71.6 Å². The van der Waals surface area contributed by atoms with Gasteiger partial charge in [-0.3, -0.25) is 9.52 Å². The molecule has 4 rings (SSSR count). The van der Waals surface area contributed by atoms with E-state index in [0.717, 1.165) is 48.6 Å². The Morgan fingerprint density at radius 1 is 0.900 bits per heavy atom. The molecule has 1 aliphatic heterocycles. The van der Waals surface area contributed by atoms with Gasteiger partial charge in [0.05, 0.1) is 11.4 Å². The Kier molecular flexibility index (Phi) is 6.06. The number of benzene rings is 2. The molecule has 0 radical (unpaired) electrons. The highest BCUT2D eigenvalue weighted by Crippen LogP contribution is 2.29. The maximum atomic E-state index is 12.8. The highest BCUT2D eigenvalue weighted by atomic mass is 32.2. The highest BCUT2D eigenvalue weighted by Gasteiger charge is 2.17. The number of amides is 1. The van der Waals surface area contributed by atoms with Gasteiger partial charge in [0.1, 0.15) is 4.21 Å². The van der Waals surface area contributed by atoms with Crippen LogP contribution in [0.1, 0.15) is 29.6 Å². The molecule has 2 N–H and O–H groups in total. The molecule has 30 heavy (non-hydrogen) atoms. The first-order valence-electron chi connectivity index (χ1n) is 9.85. The van der Waals surface area contributed by atoms with E-state index >= 15 is 0 Å². The molecule has 0 spiro atoms. The van der Waals surface area contributed by atoms with E-state index in [1.54, 1.807) is 41.8 Å². The van der Waals surface area contributed by atoms with E-state index in [2.05, 4.69) is 14.9 Å². The average molecular weight is 442 g/mol. The van der Waals surface area contributed by atoms with Crippen LogP contribution in [0.2, 0.25) is 0 Å². The Morgan fingerprint density at radius 2 is 1.63 bits per heavy atom. The summed E-state index contributed by atoms with van der Waals surface area (Å²) in [5.74, 6) is -0.230. The summed E-state index contributed by atoms with van der Waals surface area (Å²) in [5, 5.41) is 4.71. The lowest BCUT2D eigenvalue weighted by molar-refractivity contribution is 0.102. The van der Waals surface area contributed by atoms with Gasteiger partial charge in [0.25, 0.3) is 15.9 Å². The molecule has 0 aliphatic carbocycles. The molecule has 1 amide bonds. The van der Waals surface area contributed by atoms with Gasteiger partial charge >= 0.3 is 0 Å². The molecule has 1 aromatic heterocycles. The zero-order chi connectivity index (χ0) is 21.0. The van der Waals surface area contributed by atoms with Crippen LogP contribution in [0.3, 0.4) is 0 Å². The van der Waals surface area contributed by atoms with E-state index in [1.165, 1.54) is 6.42 Å². The Balaban J connectivity index is 1.46. The molecule has 2 heterocycles. The summed E-state index contributed by atoms with van der Waals surface area (Å²) in [6.45, 7) is 1.98. The fourth-order valence-electron chi connectivity index (χ4n) is 3.50. The molecular weight excluding hydrogens is 418 g/mol. The van der Waals surface area contributed by atoms with Gasteiger partial charge in [-0.25, -0.2) is 8.42 Å². The number of piperidine rings is 1. The summed E-state index contributed by atoms with van der Waals surface area (Å²) in [6, 6.07) is 17.5. The Hall–Kier alpha value is -2.84. The van der Waals surface area contributed by atoms with Crippen molar-refractivity contribution >= 4 is 44.3 Å². The summed E-state index contributed by atoms with van der Waals surface area (Å²) in [7, 11) is -3.61. The minimum atomic E-state index is -3.61. The second kappa shape index (κ2) is 8.89. The number of hydrogen-bond acceptors (Lipinski definition) is 5. The summed E-state index contributed by atoms with van der Waals surface area (Å²) in [6.07, 6.45) is 3.56. The number of nitrogens with one attached hydrogen (secondary N) is 2. The highest BCUT2D eigenvalue weighted by molar-refractivity contribution is 7.94. The van der Waals surface area contributed by atoms with Gasteiger partial charge in [-0.1, -0.05) is 18.2 Å². The third-order valence-electron chi connectivity index (χ3n) is 5.01. The zero-order valence-corrected chi connectivity index (χ0v) is 18.0.